The van der Waals surface area contributed by atoms with E-state index in [2.05, 4.69) is 57.2 Å². The number of hydrogen-bond donors (Lipinski definition) is 2. The Kier molecular flexibility index (Phi) is 56.2. The highest BCUT2D eigenvalue weighted by molar-refractivity contribution is 7.47. The zero-order valence-electron chi connectivity index (χ0n) is 49.0. The molecule has 0 fully saturated rings. The van der Waals surface area contributed by atoms with Crippen LogP contribution >= 0.6 is 7.82 Å². The van der Waals surface area contributed by atoms with Crippen molar-refractivity contribution in [2.24, 2.45) is 0 Å². The molecule has 12 heteroatoms. The van der Waals surface area contributed by atoms with Gasteiger partial charge < -0.3 is 24.2 Å². The van der Waals surface area contributed by atoms with Gasteiger partial charge in [0.15, 0.2) is 6.10 Å². The summed E-state index contributed by atoms with van der Waals surface area (Å²) in [6.07, 6.45) is 64.9. The first-order valence-electron chi connectivity index (χ1n) is 31.2. The third kappa shape index (κ3) is 55.9. The Morgan fingerprint density at radius 1 is 0.382 bits per heavy atom. The van der Waals surface area contributed by atoms with Gasteiger partial charge in [-0.05, 0) is 44.9 Å². The molecular weight excluding hydrogens is 976 g/mol. The van der Waals surface area contributed by atoms with Crippen LogP contribution in [0.25, 0.3) is 0 Å². The van der Waals surface area contributed by atoms with Crippen LogP contribution in [0, 0.1) is 0 Å². The van der Waals surface area contributed by atoms with E-state index in [1.165, 1.54) is 167 Å². The van der Waals surface area contributed by atoms with Gasteiger partial charge in [-0.25, -0.2) is 4.57 Å². The molecule has 0 aliphatic heterocycles. The predicted molar refractivity (Wildman–Crippen MR) is 316 cm³/mol. The van der Waals surface area contributed by atoms with Crippen molar-refractivity contribution in [1.29, 1.82) is 0 Å². The van der Waals surface area contributed by atoms with Crippen molar-refractivity contribution in [2.75, 3.05) is 26.4 Å². The summed E-state index contributed by atoms with van der Waals surface area (Å²) >= 11 is 0. The molecule has 0 aromatic heterocycles. The van der Waals surface area contributed by atoms with Gasteiger partial charge in [0.25, 0.3) is 0 Å². The number of allylic oxidation sites excluding steroid dienone is 9. The molecule has 3 unspecified atom stereocenters. The highest BCUT2D eigenvalue weighted by Crippen LogP contribution is 2.43. The molecule has 0 aromatic rings. The number of carbonyl (C=O) groups is 3. The maximum Gasteiger partial charge on any atom is 0.472 e. The molecule has 0 saturated carbocycles. The fourth-order valence-corrected chi connectivity index (χ4v) is 9.57. The quantitative estimate of drug-likeness (QED) is 0.0197. The number of carbonyl (C=O) groups excluding carboxylic acids is 3. The highest BCUT2D eigenvalue weighted by Gasteiger charge is 2.28. The van der Waals surface area contributed by atoms with E-state index in [9.17, 15) is 28.9 Å². The second-order valence-corrected chi connectivity index (χ2v) is 22.3. The van der Waals surface area contributed by atoms with Crippen LogP contribution in [0.5, 0.6) is 0 Å². The minimum atomic E-state index is -4.77. The molecule has 2 N–H and O–H groups in total. The lowest BCUT2D eigenvalue weighted by atomic mass is 10.0. The second-order valence-electron chi connectivity index (χ2n) is 20.9. The van der Waals surface area contributed by atoms with Gasteiger partial charge in [-0.3, -0.25) is 23.4 Å². The first kappa shape index (κ1) is 73.2. The number of hydrogen-bond acceptors (Lipinski definition) is 10. The average molecular weight is 1090 g/mol. The number of unbranched alkanes of at least 4 members (excludes halogenated alkanes) is 32. The summed E-state index contributed by atoms with van der Waals surface area (Å²) in [7, 11) is -4.77. The molecule has 0 rings (SSSR count). The number of aliphatic hydroxyl groups is 1. The summed E-state index contributed by atoms with van der Waals surface area (Å²) in [6.45, 7) is 4.48. The summed E-state index contributed by atoms with van der Waals surface area (Å²) in [5.74, 6) is -1.58. The smallest absolute Gasteiger partial charge is 0.462 e. The van der Waals surface area contributed by atoms with Crippen molar-refractivity contribution in [1.82, 2.24) is 0 Å². The van der Waals surface area contributed by atoms with Crippen LogP contribution in [0.2, 0.25) is 0 Å². The van der Waals surface area contributed by atoms with E-state index in [4.69, 9.17) is 23.3 Å². The molecule has 11 nitrogen and oxygen atoms in total. The average Bonchev–Trinajstić information content (AvgIpc) is 3.41. The van der Waals surface area contributed by atoms with Gasteiger partial charge >= 0.3 is 25.7 Å². The Hall–Kier alpha value is -2.82. The second kappa shape index (κ2) is 58.3. The highest BCUT2D eigenvalue weighted by atomic mass is 31.2. The fraction of sp³-hybridized carbons (Fsp3) is 0.797. The maximum absolute atomic E-state index is 12.9. The molecular formula is C64H115O11P. The van der Waals surface area contributed by atoms with E-state index in [1.807, 2.05) is 18.2 Å². The first-order chi connectivity index (χ1) is 37.2. The Bertz CT molecular complexity index is 1510. The molecule has 0 heterocycles. The Labute approximate surface area is 465 Å². The molecule has 76 heavy (non-hydrogen) atoms. The largest absolute Gasteiger partial charge is 0.472 e. The Morgan fingerprint density at radius 2 is 0.684 bits per heavy atom. The van der Waals surface area contributed by atoms with Crippen molar-refractivity contribution in [3.8, 4) is 0 Å². The van der Waals surface area contributed by atoms with Gasteiger partial charge in [-0.2, -0.15) is 0 Å². The van der Waals surface area contributed by atoms with E-state index in [0.717, 1.165) is 64.2 Å². The maximum atomic E-state index is 12.9. The molecule has 0 radical (unpaired) electrons. The lowest BCUT2D eigenvalue weighted by molar-refractivity contribution is -0.161. The van der Waals surface area contributed by atoms with E-state index < -0.39 is 57.8 Å². The molecule has 3 atom stereocenters. The lowest BCUT2D eigenvalue weighted by Gasteiger charge is -2.21. The number of phosphoric acid groups is 1. The number of ether oxygens (including phenoxy) is 3. The summed E-state index contributed by atoms with van der Waals surface area (Å²) < 4.78 is 39.5. The van der Waals surface area contributed by atoms with Gasteiger partial charge in [0.1, 0.15) is 12.7 Å². The number of aliphatic hydroxyl groups excluding tert-OH is 1. The zero-order valence-corrected chi connectivity index (χ0v) is 49.9. The molecule has 0 aliphatic carbocycles. The Balaban J connectivity index is 4.74. The van der Waals surface area contributed by atoms with Crippen molar-refractivity contribution >= 4 is 25.7 Å². The van der Waals surface area contributed by atoms with Crippen LogP contribution < -0.4 is 0 Å². The number of esters is 3. The van der Waals surface area contributed by atoms with Crippen molar-refractivity contribution in [3.63, 3.8) is 0 Å². The topological polar surface area (TPSA) is 155 Å². The fourth-order valence-electron chi connectivity index (χ4n) is 8.79. The number of rotatable bonds is 58. The van der Waals surface area contributed by atoms with Crippen molar-refractivity contribution in [2.45, 2.75) is 303 Å². The van der Waals surface area contributed by atoms with Crippen LogP contribution in [-0.2, 0) is 42.2 Å². The van der Waals surface area contributed by atoms with Gasteiger partial charge in [-0.1, -0.05) is 287 Å². The van der Waals surface area contributed by atoms with Crippen LogP contribution in [-0.4, -0.2) is 66.5 Å². The normalized spacial score (nSPS) is 13.7. The zero-order chi connectivity index (χ0) is 55.5. The molecule has 0 aromatic carbocycles. The summed E-state index contributed by atoms with van der Waals surface area (Å²) in [6, 6.07) is 0. The summed E-state index contributed by atoms with van der Waals surface area (Å²) in [5.41, 5.74) is 0. The minimum Gasteiger partial charge on any atom is -0.462 e. The van der Waals surface area contributed by atoms with Crippen LogP contribution in [0.3, 0.4) is 0 Å². The first-order valence-corrected chi connectivity index (χ1v) is 32.7. The van der Waals surface area contributed by atoms with Gasteiger partial charge in [0.05, 0.1) is 26.2 Å². The van der Waals surface area contributed by atoms with Crippen molar-refractivity contribution < 1.29 is 52.2 Å². The molecule has 0 aliphatic rings. The van der Waals surface area contributed by atoms with E-state index in [1.54, 1.807) is 6.08 Å². The Morgan fingerprint density at radius 3 is 1.04 bits per heavy atom. The predicted octanol–water partition coefficient (Wildman–Crippen LogP) is 18.7. The monoisotopic (exact) mass is 1090 g/mol. The minimum absolute atomic E-state index is 0.0535. The lowest BCUT2D eigenvalue weighted by Crippen LogP contribution is -2.30. The SMILES string of the molecule is CC/C=C\C/C=C\C/C=C\C/C=C\C/C=C\CC(=O)OC(CO)COP(=O)(O)OCC(COC(=O)CCCCCCCCCCCCCCCCC)OC(=O)CCCCCCCCCCCCCCCCCCCCC. The number of phosphoric ester groups is 1. The molecule has 0 saturated heterocycles. The van der Waals surface area contributed by atoms with Crippen LogP contribution in [0.15, 0.2) is 60.8 Å². The third-order valence-corrected chi connectivity index (χ3v) is 14.4. The van der Waals surface area contributed by atoms with Crippen LogP contribution in [0.1, 0.15) is 290 Å². The van der Waals surface area contributed by atoms with E-state index in [0.29, 0.717) is 19.3 Å². The standard InChI is InChI=1S/C64H115O11P/c1-4-7-10-13-16-19-22-25-28-29-30-31-34-37-40-43-46-49-52-55-64(68)75-61(57-71-62(66)53-50-47-44-41-38-35-32-26-23-20-17-14-11-8-5-2)59-73-76(69,70)72-58-60(56-65)74-63(67)54-51-48-45-42-39-36-33-27-24-21-18-15-12-9-6-3/h9,12,18,21,27,33,39,42,48,51,60-61,65H,4-8,10-11,13-17,19-20,22-26,28-32,34-38,40-41,43-47,49-50,52-59H2,1-3H3,(H,69,70)/b12-9-,21-18-,33-27-,42-39-,51-48-. The summed E-state index contributed by atoms with van der Waals surface area (Å²) in [4.78, 5) is 48.6. The molecule has 0 spiro atoms. The molecule has 0 amide bonds. The van der Waals surface area contributed by atoms with Gasteiger partial charge in [0.2, 0.25) is 0 Å². The van der Waals surface area contributed by atoms with Gasteiger partial charge in [-0.15, -0.1) is 0 Å². The molecule has 442 valence electrons. The summed E-state index contributed by atoms with van der Waals surface area (Å²) in [5, 5.41) is 9.81. The van der Waals surface area contributed by atoms with Gasteiger partial charge in [0, 0.05) is 12.8 Å². The third-order valence-electron chi connectivity index (χ3n) is 13.5. The van der Waals surface area contributed by atoms with Crippen molar-refractivity contribution in [3.05, 3.63) is 60.8 Å². The molecule has 0 bridgehead atoms. The van der Waals surface area contributed by atoms with E-state index in [-0.39, 0.29) is 25.9 Å². The van der Waals surface area contributed by atoms with Crippen LogP contribution in [0.4, 0.5) is 0 Å². The van der Waals surface area contributed by atoms with E-state index >= 15 is 0 Å².